The standard InChI is InChI=1S/C10H18O2/c1-5-3-4-7-6(2)9(11)10(12)8(5)7/h5-12H,3-4H2,1-2H3/t5-,6-,7+,8+,9-,10+/m1/s1. The van der Waals surface area contributed by atoms with Crippen molar-refractivity contribution in [2.75, 3.05) is 0 Å². The third-order valence-corrected chi connectivity index (χ3v) is 4.07. The average molecular weight is 170 g/mol. The molecule has 0 saturated heterocycles. The van der Waals surface area contributed by atoms with E-state index in [2.05, 4.69) is 13.8 Å². The van der Waals surface area contributed by atoms with E-state index in [4.69, 9.17) is 0 Å². The fourth-order valence-corrected chi connectivity index (χ4v) is 3.26. The predicted molar refractivity (Wildman–Crippen MR) is 46.6 cm³/mol. The van der Waals surface area contributed by atoms with Gasteiger partial charge in [-0.25, -0.2) is 0 Å². The molecule has 0 heterocycles. The summed E-state index contributed by atoms with van der Waals surface area (Å²) in [6.45, 7) is 4.26. The van der Waals surface area contributed by atoms with Gasteiger partial charge in [0.25, 0.3) is 0 Å². The summed E-state index contributed by atoms with van der Waals surface area (Å²) in [4.78, 5) is 0. The van der Waals surface area contributed by atoms with E-state index in [1.807, 2.05) is 0 Å². The van der Waals surface area contributed by atoms with Gasteiger partial charge in [-0.05, 0) is 30.1 Å². The summed E-state index contributed by atoms with van der Waals surface area (Å²) in [5.41, 5.74) is 0. The first kappa shape index (κ1) is 8.52. The van der Waals surface area contributed by atoms with Gasteiger partial charge in [0.05, 0.1) is 12.2 Å². The van der Waals surface area contributed by atoms with Crippen LogP contribution < -0.4 is 0 Å². The molecule has 0 aromatic heterocycles. The van der Waals surface area contributed by atoms with Crippen LogP contribution in [0.5, 0.6) is 0 Å². The van der Waals surface area contributed by atoms with Crippen molar-refractivity contribution in [2.24, 2.45) is 23.7 Å². The summed E-state index contributed by atoms with van der Waals surface area (Å²) < 4.78 is 0. The smallest absolute Gasteiger partial charge is 0.0835 e. The van der Waals surface area contributed by atoms with Crippen LogP contribution in [0.25, 0.3) is 0 Å². The zero-order valence-electron chi connectivity index (χ0n) is 7.77. The summed E-state index contributed by atoms with van der Waals surface area (Å²) in [5.74, 6) is 1.85. The molecule has 0 amide bonds. The number of aliphatic hydroxyl groups is 2. The normalized spacial score (nSPS) is 59.0. The lowest BCUT2D eigenvalue weighted by molar-refractivity contribution is -0.00229. The molecule has 0 aliphatic heterocycles. The van der Waals surface area contributed by atoms with Gasteiger partial charge in [0, 0.05) is 0 Å². The highest BCUT2D eigenvalue weighted by Gasteiger charge is 2.51. The number of hydrogen-bond donors (Lipinski definition) is 2. The summed E-state index contributed by atoms with van der Waals surface area (Å²) in [6.07, 6.45) is 1.50. The molecule has 0 aromatic carbocycles. The van der Waals surface area contributed by atoms with Crippen LogP contribution >= 0.6 is 0 Å². The van der Waals surface area contributed by atoms with Crippen LogP contribution in [0.1, 0.15) is 26.7 Å². The van der Waals surface area contributed by atoms with E-state index in [9.17, 15) is 10.2 Å². The van der Waals surface area contributed by atoms with Gasteiger partial charge < -0.3 is 10.2 Å². The minimum Gasteiger partial charge on any atom is -0.390 e. The topological polar surface area (TPSA) is 40.5 Å². The van der Waals surface area contributed by atoms with Crippen molar-refractivity contribution in [3.05, 3.63) is 0 Å². The van der Waals surface area contributed by atoms with E-state index >= 15 is 0 Å². The van der Waals surface area contributed by atoms with Crippen molar-refractivity contribution in [3.8, 4) is 0 Å². The summed E-state index contributed by atoms with van der Waals surface area (Å²) in [7, 11) is 0. The van der Waals surface area contributed by atoms with Crippen molar-refractivity contribution in [1.82, 2.24) is 0 Å². The van der Waals surface area contributed by atoms with E-state index < -0.39 is 12.2 Å². The molecule has 2 aliphatic carbocycles. The van der Waals surface area contributed by atoms with Gasteiger partial charge in [-0.1, -0.05) is 20.3 Å². The van der Waals surface area contributed by atoms with E-state index in [1.54, 1.807) is 0 Å². The fraction of sp³-hybridized carbons (Fsp3) is 1.00. The van der Waals surface area contributed by atoms with Crippen LogP contribution in [0.4, 0.5) is 0 Å². The number of aliphatic hydroxyl groups excluding tert-OH is 2. The number of fused-ring (bicyclic) bond motifs is 1. The highest BCUT2D eigenvalue weighted by molar-refractivity contribution is 5.00. The van der Waals surface area contributed by atoms with Crippen LogP contribution in [0.15, 0.2) is 0 Å². The second-order valence-corrected chi connectivity index (χ2v) is 4.64. The molecule has 2 saturated carbocycles. The van der Waals surface area contributed by atoms with E-state index in [-0.39, 0.29) is 0 Å². The lowest BCUT2D eigenvalue weighted by atomic mass is 9.90. The van der Waals surface area contributed by atoms with Crippen molar-refractivity contribution in [3.63, 3.8) is 0 Å². The van der Waals surface area contributed by atoms with Gasteiger partial charge in [0.1, 0.15) is 0 Å². The van der Waals surface area contributed by atoms with Gasteiger partial charge in [-0.2, -0.15) is 0 Å². The minimum absolute atomic E-state index is 0.301. The molecule has 2 aliphatic rings. The molecule has 0 aromatic rings. The number of rotatable bonds is 0. The Morgan fingerprint density at radius 3 is 2.25 bits per heavy atom. The summed E-state index contributed by atoms with van der Waals surface area (Å²) >= 11 is 0. The van der Waals surface area contributed by atoms with Gasteiger partial charge in [-0.3, -0.25) is 0 Å². The van der Waals surface area contributed by atoms with Crippen LogP contribution in [-0.2, 0) is 0 Å². The highest BCUT2D eigenvalue weighted by atomic mass is 16.3. The van der Waals surface area contributed by atoms with Gasteiger partial charge >= 0.3 is 0 Å². The largest absolute Gasteiger partial charge is 0.390 e. The second-order valence-electron chi connectivity index (χ2n) is 4.64. The van der Waals surface area contributed by atoms with Crippen LogP contribution in [0, 0.1) is 23.7 Å². The maximum absolute atomic E-state index is 9.76. The highest BCUT2D eigenvalue weighted by Crippen LogP contribution is 2.50. The Balaban J connectivity index is 2.20. The van der Waals surface area contributed by atoms with Gasteiger partial charge in [-0.15, -0.1) is 0 Å². The van der Waals surface area contributed by atoms with Gasteiger partial charge in [0.2, 0.25) is 0 Å². The second kappa shape index (κ2) is 2.71. The van der Waals surface area contributed by atoms with Gasteiger partial charge in [0.15, 0.2) is 0 Å². The molecule has 2 fully saturated rings. The molecule has 2 N–H and O–H groups in total. The lowest BCUT2D eigenvalue weighted by Gasteiger charge is -2.19. The molecular formula is C10H18O2. The summed E-state index contributed by atoms with van der Waals surface area (Å²) in [5, 5.41) is 19.4. The van der Waals surface area contributed by atoms with E-state index in [0.717, 1.165) is 0 Å². The van der Waals surface area contributed by atoms with Crippen molar-refractivity contribution >= 4 is 0 Å². The predicted octanol–water partition coefficient (Wildman–Crippen LogP) is 1.02. The zero-order chi connectivity index (χ0) is 8.88. The maximum Gasteiger partial charge on any atom is 0.0835 e. The molecular weight excluding hydrogens is 152 g/mol. The quantitative estimate of drug-likeness (QED) is 0.570. The average Bonchev–Trinajstić information content (AvgIpc) is 2.51. The first-order valence-corrected chi connectivity index (χ1v) is 4.99. The molecule has 12 heavy (non-hydrogen) atoms. The fourth-order valence-electron chi connectivity index (χ4n) is 3.26. The molecule has 0 spiro atoms. The molecule has 2 heteroatoms. The molecule has 0 bridgehead atoms. The Labute approximate surface area is 73.6 Å². The Bertz CT molecular complexity index is 181. The van der Waals surface area contributed by atoms with Crippen LogP contribution in [0.2, 0.25) is 0 Å². The molecule has 2 rings (SSSR count). The van der Waals surface area contributed by atoms with Crippen molar-refractivity contribution in [1.29, 1.82) is 0 Å². The lowest BCUT2D eigenvalue weighted by Crippen LogP contribution is -2.29. The monoisotopic (exact) mass is 170 g/mol. The van der Waals surface area contributed by atoms with Crippen LogP contribution in [0.3, 0.4) is 0 Å². The maximum atomic E-state index is 9.76. The molecule has 0 radical (unpaired) electrons. The third-order valence-electron chi connectivity index (χ3n) is 4.07. The van der Waals surface area contributed by atoms with Crippen LogP contribution in [-0.4, -0.2) is 22.4 Å². The van der Waals surface area contributed by atoms with E-state index in [1.165, 1.54) is 12.8 Å². The molecule has 70 valence electrons. The molecule has 2 nitrogen and oxygen atoms in total. The third kappa shape index (κ3) is 0.944. The first-order chi connectivity index (χ1) is 5.63. The van der Waals surface area contributed by atoms with E-state index in [0.29, 0.717) is 23.7 Å². The zero-order valence-corrected chi connectivity index (χ0v) is 7.77. The number of hydrogen-bond acceptors (Lipinski definition) is 2. The Morgan fingerprint density at radius 1 is 1.00 bits per heavy atom. The Hall–Kier alpha value is -0.0800. The molecule has 0 unspecified atom stereocenters. The Morgan fingerprint density at radius 2 is 1.67 bits per heavy atom. The first-order valence-electron chi connectivity index (χ1n) is 4.99. The minimum atomic E-state index is -0.470. The Kier molecular flexibility index (Phi) is 1.92. The van der Waals surface area contributed by atoms with Crippen molar-refractivity contribution < 1.29 is 10.2 Å². The van der Waals surface area contributed by atoms with Crippen molar-refractivity contribution in [2.45, 2.75) is 38.9 Å². The molecule has 6 atom stereocenters. The summed E-state index contributed by atoms with van der Waals surface area (Å²) in [6, 6.07) is 0. The SMILES string of the molecule is C[C@H]1[C@@H](O)[C@@H](O)[C@@H]2[C@H]1CC[C@H]2C.